The molecule has 1 amide bonds. The van der Waals surface area contributed by atoms with Crippen molar-refractivity contribution in [1.29, 1.82) is 5.26 Å². The van der Waals surface area contributed by atoms with Crippen molar-refractivity contribution in [1.82, 2.24) is 9.80 Å². The second-order valence-electron chi connectivity index (χ2n) is 4.73. The van der Waals surface area contributed by atoms with Crippen molar-refractivity contribution in [2.75, 3.05) is 26.7 Å². The summed E-state index contributed by atoms with van der Waals surface area (Å²) in [5.41, 5.74) is 0. The van der Waals surface area contributed by atoms with Gasteiger partial charge in [0.15, 0.2) is 0 Å². The average Bonchev–Trinajstić information content (AvgIpc) is 2.77. The summed E-state index contributed by atoms with van der Waals surface area (Å²) in [6.07, 6.45) is 2.98. The number of likely N-dealkylation sites (N-methyl/N-ethyl adjacent to an activating group) is 2. The van der Waals surface area contributed by atoms with E-state index in [-0.39, 0.29) is 5.91 Å². The van der Waals surface area contributed by atoms with Crippen molar-refractivity contribution in [3.63, 3.8) is 0 Å². The lowest BCUT2D eigenvalue weighted by molar-refractivity contribution is -0.133. The molecule has 1 aliphatic heterocycles. The number of carbonyl (C=O) groups is 1. The van der Waals surface area contributed by atoms with Crippen LogP contribution in [-0.4, -0.2) is 48.4 Å². The van der Waals surface area contributed by atoms with Crippen molar-refractivity contribution >= 4 is 5.91 Å². The fourth-order valence-corrected chi connectivity index (χ4v) is 2.51. The minimum Gasteiger partial charge on any atom is -0.343 e. The molecule has 1 fully saturated rings. The van der Waals surface area contributed by atoms with Gasteiger partial charge < -0.3 is 4.90 Å². The highest BCUT2D eigenvalue weighted by atomic mass is 16.2. The molecule has 4 heteroatoms. The minimum atomic E-state index is -0.475. The molecule has 0 N–H and O–H groups in total. The van der Waals surface area contributed by atoms with Gasteiger partial charge in [0.25, 0.3) is 0 Å². The fraction of sp³-hybridized carbons (Fsp3) is 0.846. The summed E-state index contributed by atoms with van der Waals surface area (Å²) in [5, 5.41) is 8.90. The highest BCUT2D eigenvalue weighted by Crippen LogP contribution is 2.18. The number of hydrogen-bond acceptors (Lipinski definition) is 3. The van der Waals surface area contributed by atoms with Crippen LogP contribution in [0.2, 0.25) is 0 Å². The van der Waals surface area contributed by atoms with E-state index in [0.717, 1.165) is 26.1 Å². The maximum atomic E-state index is 12.0. The predicted octanol–water partition coefficient (Wildman–Crippen LogP) is 1.48. The van der Waals surface area contributed by atoms with Crippen molar-refractivity contribution < 1.29 is 4.79 Å². The lowest BCUT2D eigenvalue weighted by atomic mass is 10.1. The average molecular weight is 237 g/mol. The largest absolute Gasteiger partial charge is 0.343 e. The van der Waals surface area contributed by atoms with Crippen LogP contribution in [0.4, 0.5) is 0 Å². The van der Waals surface area contributed by atoms with Crippen molar-refractivity contribution in [3.8, 4) is 6.07 Å². The molecule has 2 atom stereocenters. The van der Waals surface area contributed by atoms with E-state index in [0.29, 0.717) is 12.5 Å². The van der Waals surface area contributed by atoms with Crippen LogP contribution in [0.3, 0.4) is 0 Å². The predicted molar refractivity (Wildman–Crippen MR) is 67.3 cm³/mol. The molecule has 1 aliphatic rings. The summed E-state index contributed by atoms with van der Waals surface area (Å²) in [5.74, 6) is -0.505. The molecule has 4 nitrogen and oxygen atoms in total. The molecule has 0 saturated carbocycles. The summed E-state index contributed by atoms with van der Waals surface area (Å²) in [7, 11) is 1.81. The Balaban J connectivity index is 2.51. The molecule has 1 heterocycles. The Morgan fingerprint density at radius 2 is 2.29 bits per heavy atom. The third-order valence-corrected chi connectivity index (χ3v) is 3.63. The Morgan fingerprint density at radius 1 is 1.59 bits per heavy atom. The lowest BCUT2D eigenvalue weighted by Crippen LogP contribution is -2.42. The van der Waals surface area contributed by atoms with E-state index in [1.807, 2.05) is 14.0 Å². The van der Waals surface area contributed by atoms with Gasteiger partial charge in [0.05, 0.1) is 6.07 Å². The molecule has 17 heavy (non-hydrogen) atoms. The highest BCUT2D eigenvalue weighted by molar-refractivity contribution is 5.80. The molecular weight excluding hydrogens is 214 g/mol. The Labute approximate surface area is 104 Å². The second kappa shape index (κ2) is 6.61. The number of carbonyl (C=O) groups excluding carboxylic acids is 1. The first kappa shape index (κ1) is 14.0. The van der Waals surface area contributed by atoms with E-state index in [2.05, 4.69) is 17.9 Å². The monoisotopic (exact) mass is 237 g/mol. The molecule has 0 aromatic rings. The number of amides is 1. The minimum absolute atomic E-state index is 0.0297. The molecule has 0 spiro atoms. The molecule has 1 saturated heterocycles. The first-order valence-electron chi connectivity index (χ1n) is 6.52. The van der Waals surface area contributed by atoms with Gasteiger partial charge in [-0.2, -0.15) is 5.26 Å². The lowest BCUT2D eigenvalue weighted by Gasteiger charge is -2.28. The van der Waals surface area contributed by atoms with Gasteiger partial charge in [0.1, 0.15) is 5.92 Å². The molecule has 96 valence electrons. The quantitative estimate of drug-likeness (QED) is 0.727. The van der Waals surface area contributed by atoms with E-state index in [1.165, 1.54) is 6.42 Å². The molecule has 1 rings (SSSR count). The fourth-order valence-electron chi connectivity index (χ4n) is 2.51. The Kier molecular flexibility index (Phi) is 5.43. The number of nitrogens with zero attached hydrogens (tertiary/aromatic N) is 3. The molecule has 0 radical (unpaired) electrons. The van der Waals surface area contributed by atoms with Crippen molar-refractivity contribution in [3.05, 3.63) is 0 Å². The first-order chi connectivity index (χ1) is 8.13. The van der Waals surface area contributed by atoms with Crippen LogP contribution < -0.4 is 0 Å². The summed E-state index contributed by atoms with van der Waals surface area (Å²) < 4.78 is 0. The van der Waals surface area contributed by atoms with Crippen LogP contribution in [-0.2, 0) is 4.79 Å². The van der Waals surface area contributed by atoms with Gasteiger partial charge >= 0.3 is 0 Å². The number of nitriles is 1. The number of rotatable bonds is 5. The SMILES string of the molecule is CCC(C#N)C(=O)N(C)CC1CCCN1CC. The standard InChI is InChI=1S/C13H23N3O/c1-4-11(9-14)13(17)15(3)10-12-7-6-8-16(12)5-2/h11-12H,4-8,10H2,1-3H3. The van der Waals surface area contributed by atoms with Crippen LogP contribution in [0.5, 0.6) is 0 Å². The van der Waals surface area contributed by atoms with Gasteiger partial charge in [-0.3, -0.25) is 9.69 Å². The molecule has 0 bridgehead atoms. The molecule has 2 unspecified atom stereocenters. The molecule has 0 aliphatic carbocycles. The summed E-state index contributed by atoms with van der Waals surface area (Å²) >= 11 is 0. The van der Waals surface area contributed by atoms with Crippen molar-refractivity contribution in [2.24, 2.45) is 5.92 Å². The van der Waals surface area contributed by atoms with Gasteiger partial charge in [0, 0.05) is 19.6 Å². The van der Waals surface area contributed by atoms with E-state index in [1.54, 1.807) is 4.90 Å². The third-order valence-electron chi connectivity index (χ3n) is 3.63. The molecule has 0 aromatic carbocycles. The zero-order valence-corrected chi connectivity index (χ0v) is 11.1. The zero-order chi connectivity index (χ0) is 12.8. The van der Waals surface area contributed by atoms with E-state index in [9.17, 15) is 4.79 Å². The van der Waals surface area contributed by atoms with Crippen LogP contribution >= 0.6 is 0 Å². The van der Waals surface area contributed by atoms with Gasteiger partial charge in [-0.05, 0) is 32.4 Å². The smallest absolute Gasteiger partial charge is 0.239 e. The van der Waals surface area contributed by atoms with E-state index < -0.39 is 5.92 Å². The summed E-state index contributed by atoms with van der Waals surface area (Å²) in [4.78, 5) is 16.1. The van der Waals surface area contributed by atoms with Crippen LogP contribution in [0, 0.1) is 17.2 Å². The summed E-state index contributed by atoms with van der Waals surface area (Å²) in [6, 6.07) is 2.55. The molecular formula is C13H23N3O. The Bertz CT molecular complexity index is 298. The zero-order valence-electron chi connectivity index (χ0n) is 11.1. The van der Waals surface area contributed by atoms with Crippen LogP contribution in [0.25, 0.3) is 0 Å². The van der Waals surface area contributed by atoms with Gasteiger partial charge in [-0.15, -0.1) is 0 Å². The number of hydrogen-bond donors (Lipinski definition) is 0. The first-order valence-corrected chi connectivity index (χ1v) is 6.52. The number of likely N-dealkylation sites (tertiary alicyclic amines) is 1. The van der Waals surface area contributed by atoms with Crippen molar-refractivity contribution in [2.45, 2.75) is 39.2 Å². The summed E-state index contributed by atoms with van der Waals surface area (Å²) in [6.45, 7) is 6.98. The van der Waals surface area contributed by atoms with E-state index >= 15 is 0 Å². The normalized spacial score (nSPS) is 22.1. The highest BCUT2D eigenvalue weighted by Gasteiger charge is 2.27. The third kappa shape index (κ3) is 3.44. The maximum absolute atomic E-state index is 12.0. The van der Waals surface area contributed by atoms with Crippen LogP contribution in [0.15, 0.2) is 0 Å². The van der Waals surface area contributed by atoms with Gasteiger partial charge in [-0.1, -0.05) is 13.8 Å². The van der Waals surface area contributed by atoms with Crippen LogP contribution in [0.1, 0.15) is 33.1 Å². The van der Waals surface area contributed by atoms with E-state index in [4.69, 9.17) is 5.26 Å². The topological polar surface area (TPSA) is 47.3 Å². The molecule has 0 aromatic heterocycles. The van der Waals surface area contributed by atoms with Gasteiger partial charge in [0.2, 0.25) is 5.91 Å². The van der Waals surface area contributed by atoms with Gasteiger partial charge in [-0.25, -0.2) is 0 Å². The Hall–Kier alpha value is -1.08. The Morgan fingerprint density at radius 3 is 2.82 bits per heavy atom. The maximum Gasteiger partial charge on any atom is 0.239 e. The second-order valence-corrected chi connectivity index (χ2v) is 4.73.